The third-order valence-electron chi connectivity index (χ3n) is 2.95. The monoisotopic (exact) mass is 284 g/mol. The van der Waals surface area contributed by atoms with Crippen LogP contribution >= 0.6 is 23.1 Å². The molecule has 6 heteroatoms. The quantitative estimate of drug-likeness (QED) is 0.890. The second-order valence-corrected chi connectivity index (χ2v) is 6.24. The summed E-state index contributed by atoms with van der Waals surface area (Å²) in [5, 5.41) is 2.03. The van der Waals surface area contributed by atoms with Crippen molar-refractivity contribution in [1.82, 2.24) is 4.90 Å². The molecule has 0 unspecified atom stereocenters. The van der Waals surface area contributed by atoms with E-state index in [0.717, 1.165) is 12.2 Å². The molecule has 0 bridgehead atoms. The number of nitrogens with two attached hydrogens (primary N) is 1. The molecule has 0 aliphatic carbocycles. The van der Waals surface area contributed by atoms with Crippen molar-refractivity contribution >= 4 is 34.9 Å². The zero-order chi connectivity index (χ0) is 13.0. The number of nitrogens with zero attached hydrogens (tertiary/aromatic N) is 1. The second-order valence-electron chi connectivity index (χ2n) is 4.22. The summed E-state index contributed by atoms with van der Waals surface area (Å²) in [6.45, 7) is 0.659. The highest BCUT2D eigenvalue weighted by Gasteiger charge is 2.32. The van der Waals surface area contributed by atoms with Crippen LogP contribution in [0.5, 0.6) is 0 Å². The second kappa shape index (κ2) is 6.24. The van der Waals surface area contributed by atoms with Crippen molar-refractivity contribution in [2.75, 3.05) is 12.3 Å². The van der Waals surface area contributed by atoms with Gasteiger partial charge in [0.1, 0.15) is 6.04 Å². The number of hydrogen-bond donors (Lipinski definition) is 1. The van der Waals surface area contributed by atoms with Gasteiger partial charge in [0.15, 0.2) is 0 Å². The minimum atomic E-state index is -0.389. The third-order valence-corrected chi connectivity index (χ3v) is 4.98. The minimum Gasteiger partial charge on any atom is -0.368 e. The highest BCUT2D eigenvalue weighted by molar-refractivity contribution is 7.99. The third kappa shape index (κ3) is 3.26. The van der Waals surface area contributed by atoms with Crippen molar-refractivity contribution in [3.05, 3.63) is 22.4 Å². The van der Waals surface area contributed by atoms with Crippen LogP contribution in [0.4, 0.5) is 0 Å². The van der Waals surface area contributed by atoms with Gasteiger partial charge in [-0.05, 0) is 24.3 Å². The standard InChI is InChI=1S/C12H16N2O2S2/c13-12(16)10-4-1-5-14(10)11(15)8-17-7-9-3-2-6-18-9/h2-3,6,10H,1,4-5,7-8H2,(H2,13,16)/t10-/m0/s1. The summed E-state index contributed by atoms with van der Waals surface area (Å²) in [6.07, 6.45) is 1.58. The number of primary amides is 1. The SMILES string of the molecule is NC(=O)[C@@H]1CCCN1C(=O)CSCc1cccs1. The van der Waals surface area contributed by atoms with E-state index in [-0.39, 0.29) is 17.9 Å². The maximum absolute atomic E-state index is 12.0. The first kappa shape index (κ1) is 13.4. The highest BCUT2D eigenvalue weighted by Crippen LogP contribution is 2.21. The molecule has 0 spiro atoms. The molecular weight excluding hydrogens is 268 g/mol. The molecule has 1 aliphatic rings. The van der Waals surface area contributed by atoms with E-state index < -0.39 is 0 Å². The molecule has 1 saturated heterocycles. The average molecular weight is 284 g/mol. The molecule has 4 nitrogen and oxygen atoms in total. The van der Waals surface area contributed by atoms with Gasteiger partial charge in [0, 0.05) is 17.2 Å². The number of amides is 2. The van der Waals surface area contributed by atoms with Crippen LogP contribution in [0, 0.1) is 0 Å². The molecule has 98 valence electrons. The molecule has 0 saturated carbocycles. The minimum absolute atomic E-state index is 0.0258. The first-order valence-electron chi connectivity index (χ1n) is 5.87. The first-order valence-corrected chi connectivity index (χ1v) is 7.91. The Kier molecular flexibility index (Phi) is 4.66. The van der Waals surface area contributed by atoms with Crippen LogP contribution in [-0.2, 0) is 15.3 Å². The van der Waals surface area contributed by atoms with Crippen LogP contribution in [0.1, 0.15) is 17.7 Å². The maximum atomic E-state index is 12.0. The van der Waals surface area contributed by atoms with E-state index in [4.69, 9.17) is 5.73 Å². The van der Waals surface area contributed by atoms with Gasteiger partial charge in [-0.1, -0.05) is 6.07 Å². The molecule has 2 rings (SSSR count). The number of carbonyl (C=O) groups is 2. The Labute approximate surface area is 115 Å². The average Bonchev–Trinajstić information content (AvgIpc) is 2.99. The van der Waals surface area contributed by atoms with Crippen LogP contribution in [0.25, 0.3) is 0 Å². The molecule has 0 aromatic carbocycles. The fourth-order valence-electron chi connectivity index (χ4n) is 2.08. The van der Waals surface area contributed by atoms with Gasteiger partial charge >= 0.3 is 0 Å². The molecule has 0 radical (unpaired) electrons. The number of likely N-dealkylation sites (tertiary alicyclic amines) is 1. The van der Waals surface area contributed by atoms with E-state index in [1.807, 2.05) is 11.4 Å². The van der Waals surface area contributed by atoms with E-state index in [0.29, 0.717) is 18.7 Å². The topological polar surface area (TPSA) is 63.4 Å². The zero-order valence-electron chi connectivity index (χ0n) is 10.0. The smallest absolute Gasteiger partial charge is 0.240 e. The van der Waals surface area contributed by atoms with E-state index in [9.17, 15) is 9.59 Å². The number of thioether (sulfide) groups is 1. The summed E-state index contributed by atoms with van der Waals surface area (Å²) in [7, 11) is 0. The van der Waals surface area contributed by atoms with Crippen molar-refractivity contribution in [3.8, 4) is 0 Å². The number of hydrogen-bond acceptors (Lipinski definition) is 4. The van der Waals surface area contributed by atoms with Crippen molar-refractivity contribution in [2.24, 2.45) is 5.73 Å². The summed E-state index contributed by atoms with van der Waals surface area (Å²) in [4.78, 5) is 26.1. The zero-order valence-corrected chi connectivity index (χ0v) is 11.6. The van der Waals surface area contributed by atoms with E-state index in [1.54, 1.807) is 28.0 Å². The van der Waals surface area contributed by atoms with Gasteiger partial charge in [-0.25, -0.2) is 0 Å². The fourth-order valence-corrected chi connectivity index (χ4v) is 3.83. The van der Waals surface area contributed by atoms with Crippen LogP contribution in [-0.4, -0.2) is 35.1 Å². The van der Waals surface area contributed by atoms with Crippen molar-refractivity contribution in [1.29, 1.82) is 0 Å². The number of thiophene rings is 1. The van der Waals surface area contributed by atoms with E-state index in [1.165, 1.54) is 4.88 Å². The molecule has 2 amide bonds. The van der Waals surface area contributed by atoms with Crippen molar-refractivity contribution in [2.45, 2.75) is 24.6 Å². The molecule has 1 aromatic rings. The Balaban J connectivity index is 1.79. The summed E-state index contributed by atoms with van der Waals surface area (Å²) >= 11 is 3.28. The lowest BCUT2D eigenvalue weighted by molar-refractivity contribution is -0.135. The van der Waals surface area contributed by atoms with Crippen LogP contribution in [0.2, 0.25) is 0 Å². The Bertz CT molecular complexity index is 420. The molecule has 1 aliphatic heterocycles. The lowest BCUT2D eigenvalue weighted by Gasteiger charge is -2.21. The number of carbonyl (C=O) groups excluding carboxylic acids is 2. The number of rotatable bonds is 5. The van der Waals surface area contributed by atoms with Gasteiger partial charge in [0.25, 0.3) is 0 Å². The van der Waals surface area contributed by atoms with E-state index in [2.05, 4.69) is 6.07 Å². The van der Waals surface area contributed by atoms with Crippen LogP contribution < -0.4 is 5.73 Å². The van der Waals surface area contributed by atoms with Gasteiger partial charge in [-0.15, -0.1) is 23.1 Å². The molecule has 2 N–H and O–H groups in total. The van der Waals surface area contributed by atoms with Gasteiger partial charge < -0.3 is 10.6 Å². The molecule has 18 heavy (non-hydrogen) atoms. The lowest BCUT2D eigenvalue weighted by atomic mass is 10.2. The van der Waals surface area contributed by atoms with Crippen LogP contribution in [0.15, 0.2) is 17.5 Å². The van der Waals surface area contributed by atoms with Crippen LogP contribution in [0.3, 0.4) is 0 Å². The fraction of sp³-hybridized carbons (Fsp3) is 0.500. The van der Waals surface area contributed by atoms with Crippen molar-refractivity contribution in [3.63, 3.8) is 0 Å². The summed E-state index contributed by atoms with van der Waals surface area (Å²) in [6, 6.07) is 3.68. The predicted molar refractivity (Wildman–Crippen MR) is 74.4 cm³/mol. The Morgan fingerprint density at radius 1 is 1.56 bits per heavy atom. The first-order chi connectivity index (χ1) is 8.68. The molecule has 1 aromatic heterocycles. The highest BCUT2D eigenvalue weighted by atomic mass is 32.2. The van der Waals surface area contributed by atoms with Gasteiger partial charge in [0.05, 0.1) is 5.75 Å². The molecular formula is C12H16N2O2S2. The molecule has 1 fully saturated rings. The normalized spacial score (nSPS) is 19.1. The Morgan fingerprint density at radius 2 is 2.39 bits per heavy atom. The Hall–Kier alpha value is -1.01. The van der Waals surface area contributed by atoms with Gasteiger partial charge in [-0.2, -0.15) is 0 Å². The lowest BCUT2D eigenvalue weighted by Crippen LogP contribution is -2.44. The van der Waals surface area contributed by atoms with Gasteiger partial charge in [-0.3, -0.25) is 9.59 Å². The Morgan fingerprint density at radius 3 is 3.06 bits per heavy atom. The van der Waals surface area contributed by atoms with E-state index >= 15 is 0 Å². The summed E-state index contributed by atoms with van der Waals surface area (Å²) < 4.78 is 0. The predicted octanol–water partition coefficient (Wildman–Crippen LogP) is 1.46. The largest absolute Gasteiger partial charge is 0.368 e. The summed E-state index contributed by atoms with van der Waals surface area (Å²) in [5.41, 5.74) is 5.29. The molecule has 2 heterocycles. The molecule has 1 atom stereocenters. The van der Waals surface area contributed by atoms with Crippen molar-refractivity contribution < 1.29 is 9.59 Å². The van der Waals surface area contributed by atoms with Gasteiger partial charge in [0.2, 0.25) is 11.8 Å². The summed E-state index contributed by atoms with van der Waals surface area (Å²) in [5.74, 6) is 0.905. The maximum Gasteiger partial charge on any atom is 0.240 e.